The molecule has 0 aliphatic heterocycles. The van der Waals surface area contributed by atoms with Crippen LogP contribution in [0.3, 0.4) is 0 Å². The second-order valence-electron chi connectivity index (χ2n) is 5.63. The van der Waals surface area contributed by atoms with Crippen molar-refractivity contribution >= 4 is 15.9 Å². The molecule has 0 spiro atoms. The van der Waals surface area contributed by atoms with Gasteiger partial charge >= 0.3 is 0 Å². The first-order chi connectivity index (χ1) is 13.0. The summed E-state index contributed by atoms with van der Waals surface area (Å²) in [5.41, 5.74) is 1.80. The number of amides is 1. The molecule has 3 aromatic rings. The average Bonchev–Trinajstić information content (AvgIpc) is 3.22. The van der Waals surface area contributed by atoms with Gasteiger partial charge in [0.05, 0.1) is 10.6 Å². The van der Waals surface area contributed by atoms with E-state index in [9.17, 15) is 13.2 Å². The van der Waals surface area contributed by atoms with Crippen LogP contribution in [0.15, 0.2) is 59.8 Å². The molecule has 0 fully saturated rings. The van der Waals surface area contributed by atoms with E-state index in [1.807, 2.05) is 6.92 Å². The smallest absolute Gasteiger partial charge is 0.251 e. The first kappa shape index (κ1) is 18.7. The summed E-state index contributed by atoms with van der Waals surface area (Å²) < 4.78 is 29.0. The van der Waals surface area contributed by atoms with Crippen LogP contribution in [0.1, 0.15) is 22.8 Å². The molecule has 2 aromatic carbocycles. The second kappa shape index (κ2) is 8.06. The third kappa shape index (κ3) is 4.54. The molecule has 10 heteroatoms. The summed E-state index contributed by atoms with van der Waals surface area (Å²) in [5, 5.41) is 13.5. The predicted octanol–water partition coefficient (Wildman–Crippen LogP) is 0.890. The number of tetrazole rings is 1. The van der Waals surface area contributed by atoms with Gasteiger partial charge < -0.3 is 5.32 Å². The Morgan fingerprint density at radius 2 is 1.93 bits per heavy atom. The van der Waals surface area contributed by atoms with Crippen LogP contribution in [-0.4, -0.2) is 41.1 Å². The Bertz CT molecular complexity index is 1020. The Morgan fingerprint density at radius 3 is 2.59 bits per heavy atom. The fourth-order valence-corrected chi connectivity index (χ4v) is 3.43. The van der Waals surface area contributed by atoms with Gasteiger partial charge in [0.2, 0.25) is 10.0 Å². The number of hydrogen-bond donors (Lipinski definition) is 2. The largest absolute Gasteiger partial charge is 0.352 e. The van der Waals surface area contributed by atoms with E-state index in [-0.39, 0.29) is 17.3 Å². The Hall–Kier alpha value is -3.11. The molecule has 0 bridgehead atoms. The van der Waals surface area contributed by atoms with Gasteiger partial charge in [-0.05, 0) is 53.2 Å². The normalized spacial score (nSPS) is 11.3. The summed E-state index contributed by atoms with van der Waals surface area (Å²) in [5.74, 6) is -0.163. The number of sulfonamides is 1. The first-order valence-electron chi connectivity index (χ1n) is 8.20. The molecular formula is C17H18N6O3S. The lowest BCUT2D eigenvalue weighted by molar-refractivity contribution is 0.0956. The van der Waals surface area contributed by atoms with E-state index in [1.165, 1.54) is 23.1 Å². The molecule has 3 rings (SSSR count). The van der Waals surface area contributed by atoms with Crippen LogP contribution in [0.5, 0.6) is 0 Å². The fourth-order valence-electron chi connectivity index (χ4n) is 2.37. The van der Waals surface area contributed by atoms with Crippen molar-refractivity contribution in [3.05, 3.63) is 66.0 Å². The predicted molar refractivity (Wildman–Crippen MR) is 97.6 cm³/mol. The number of nitrogens with one attached hydrogen (secondary N) is 2. The molecule has 0 unspecified atom stereocenters. The van der Waals surface area contributed by atoms with Crippen molar-refractivity contribution in [2.45, 2.75) is 18.4 Å². The lowest BCUT2D eigenvalue weighted by Crippen LogP contribution is -2.24. The first-order valence-corrected chi connectivity index (χ1v) is 9.68. The summed E-state index contributed by atoms with van der Waals surface area (Å²) in [6, 6.07) is 13.0. The Morgan fingerprint density at radius 1 is 1.15 bits per heavy atom. The molecule has 0 atom stereocenters. The minimum atomic E-state index is -3.72. The van der Waals surface area contributed by atoms with Crippen LogP contribution in [0.2, 0.25) is 0 Å². The summed E-state index contributed by atoms with van der Waals surface area (Å²) in [6.07, 6.45) is 1.38. The molecule has 1 heterocycles. The Labute approximate surface area is 156 Å². The van der Waals surface area contributed by atoms with Gasteiger partial charge in [-0.2, -0.15) is 0 Å². The number of carbonyl (C=O) groups is 1. The van der Waals surface area contributed by atoms with E-state index in [1.54, 1.807) is 36.4 Å². The minimum Gasteiger partial charge on any atom is -0.352 e. The average molecular weight is 386 g/mol. The highest BCUT2D eigenvalue weighted by molar-refractivity contribution is 7.89. The molecule has 27 heavy (non-hydrogen) atoms. The third-order valence-electron chi connectivity index (χ3n) is 3.76. The lowest BCUT2D eigenvalue weighted by Gasteiger charge is -2.09. The number of nitrogens with zero attached hydrogens (tertiary/aromatic N) is 4. The summed E-state index contributed by atoms with van der Waals surface area (Å²) in [7, 11) is -3.72. The van der Waals surface area contributed by atoms with Crippen molar-refractivity contribution in [3.63, 3.8) is 0 Å². The Kier molecular flexibility index (Phi) is 5.57. The highest BCUT2D eigenvalue weighted by atomic mass is 32.2. The van der Waals surface area contributed by atoms with Gasteiger partial charge in [-0.1, -0.05) is 18.2 Å². The van der Waals surface area contributed by atoms with Crippen molar-refractivity contribution in [3.8, 4) is 5.69 Å². The molecule has 1 amide bonds. The van der Waals surface area contributed by atoms with Crippen molar-refractivity contribution in [1.82, 2.24) is 30.2 Å². The number of hydrogen-bond acceptors (Lipinski definition) is 6. The van der Waals surface area contributed by atoms with Gasteiger partial charge in [0, 0.05) is 18.7 Å². The zero-order chi connectivity index (χ0) is 19.3. The molecule has 140 valence electrons. The van der Waals surface area contributed by atoms with Crippen molar-refractivity contribution in [1.29, 1.82) is 0 Å². The van der Waals surface area contributed by atoms with Crippen molar-refractivity contribution < 1.29 is 13.2 Å². The molecule has 0 saturated heterocycles. The van der Waals surface area contributed by atoms with Crippen LogP contribution in [0.25, 0.3) is 5.69 Å². The number of benzene rings is 2. The van der Waals surface area contributed by atoms with E-state index in [4.69, 9.17) is 0 Å². The van der Waals surface area contributed by atoms with Crippen LogP contribution >= 0.6 is 0 Å². The van der Waals surface area contributed by atoms with Gasteiger partial charge in [0.25, 0.3) is 5.91 Å². The topological polar surface area (TPSA) is 119 Å². The SMILES string of the molecule is CCNC(=O)c1ccc(CNS(=O)(=O)c2cccc(-n3cnnn3)c2)cc1. The van der Waals surface area contributed by atoms with Gasteiger partial charge in [-0.25, -0.2) is 17.8 Å². The summed E-state index contributed by atoms with van der Waals surface area (Å²) >= 11 is 0. The molecule has 1 aromatic heterocycles. The quantitative estimate of drug-likeness (QED) is 0.622. The van der Waals surface area contributed by atoms with Crippen molar-refractivity contribution in [2.75, 3.05) is 6.54 Å². The van der Waals surface area contributed by atoms with E-state index in [2.05, 4.69) is 25.6 Å². The lowest BCUT2D eigenvalue weighted by atomic mass is 10.1. The minimum absolute atomic E-state index is 0.104. The third-order valence-corrected chi connectivity index (χ3v) is 5.16. The molecular weight excluding hydrogens is 368 g/mol. The summed E-state index contributed by atoms with van der Waals surface area (Å²) in [6.45, 7) is 2.49. The number of rotatable bonds is 7. The molecule has 2 N–H and O–H groups in total. The molecule has 0 aliphatic rings. The molecule has 0 radical (unpaired) electrons. The monoisotopic (exact) mass is 386 g/mol. The van der Waals surface area contributed by atoms with Crippen molar-refractivity contribution in [2.24, 2.45) is 0 Å². The highest BCUT2D eigenvalue weighted by Gasteiger charge is 2.15. The van der Waals surface area contributed by atoms with E-state index in [0.717, 1.165) is 5.56 Å². The zero-order valence-electron chi connectivity index (χ0n) is 14.5. The van der Waals surface area contributed by atoms with Crippen LogP contribution in [0.4, 0.5) is 0 Å². The van der Waals surface area contributed by atoms with Gasteiger partial charge in [-0.3, -0.25) is 4.79 Å². The number of aromatic nitrogens is 4. The Balaban J connectivity index is 1.70. The fraction of sp³-hybridized carbons (Fsp3) is 0.176. The second-order valence-corrected chi connectivity index (χ2v) is 7.40. The van der Waals surface area contributed by atoms with Gasteiger partial charge in [0.1, 0.15) is 6.33 Å². The van der Waals surface area contributed by atoms with E-state index < -0.39 is 10.0 Å². The van der Waals surface area contributed by atoms with E-state index in [0.29, 0.717) is 17.8 Å². The maximum Gasteiger partial charge on any atom is 0.251 e. The maximum absolute atomic E-state index is 12.6. The molecule has 0 saturated carbocycles. The molecule has 0 aliphatic carbocycles. The van der Waals surface area contributed by atoms with E-state index >= 15 is 0 Å². The van der Waals surface area contributed by atoms with Crippen LogP contribution in [-0.2, 0) is 16.6 Å². The van der Waals surface area contributed by atoms with Crippen LogP contribution < -0.4 is 10.0 Å². The van der Waals surface area contributed by atoms with Crippen LogP contribution in [0, 0.1) is 0 Å². The highest BCUT2D eigenvalue weighted by Crippen LogP contribution is 2.14. The zero-order valence-corrected chi connectivity index (χ0v) is 15.3. The maximum atomic E-state index is 12.6. The molecule has 9 nitrogen and oxygen atoms in total. The standard InChI is InChI=1S/C17H18N6O3S/c1-2-18-17(24)14-8-6-13(7-9-14)11-20-27(25,26)16-5-3-4-15(10-16)23-12-19-21-22-23/h3-10,12,20H,2,11H2,1H3,(H,18,24). The number of carbonyl (C=O) groups excluding carboxylic acids is 1. The van der Waals surface area contributed by atoms with Gasteiger partial charge in [0.15, 0.2) is 0 Å². The summed E-state index contributed by atoms with van der Waals surface area (Å²) in [4.78, 5) is 11.9. The van der Waals surface area contributed by atoms with Gasteiger partial charge in [-0.15, -0.1) is 5.10 Å².